The lowest BCUT2D eigenvalue weighted by Crippen LogP contribution is -2.50. The molecule has 0 aromatic heterocycles. The number of amidine groups is 1. The molecule has 1 atom stereocenters. The third-order valence-electron chi connectivity index (χ3n) is 5.34. The highest BCUT2D eigenvalue weighted by Crippen LogP contribution is 2.20. The molecule has 7 heteroatoms. The molecule has 0 radical (unpaired) electrons. The molecule has 2 amide bonds. The predicted octanol–water partition coefficient (Wildman–Crippen LogP) is 2.44. The van der Waals surface area contributed by atoms with Crippen LogP contribution in [-0.4, -0.2) is 71.7 Å². The average Bonchev–Trinajstić information content (AvgIpc) is 3.04. The van der Waals surface area contributed by atoms with Crippen molar-refractivity contribution in [2.75, 3.05) is 38.0 Å². The highest BCUT2D eigenvalue weighted by molar-refractivity contribution is 6.03. The van der Waals surface area contributed by atoms with E-state index in [4.69, 9.17) is 0 Å². The van der Waals surface area contributed by atoms with Gasteiger partial charge in [0.05, 0.1) is 18.9 Å². The van der Waals surface area contributed by atoms with Crippen molar-refractivity contribution in [2.45, 2.75) is 26.8 Å². The average molecular weight is 366 g/mol. The normalized spacial score (nSPS) is 21.7. The van der Waals surface area contributed by atoms with Gasteiger partial charge in [-0.2, -0.15) is 0 Å². The molecule has 4 rings (SSSR count). The van der Waals surface area contributed by atoms with Crippen LogP contribution in [0.3, 0.4) is 0 Å². The largest absolute Gasteiger partial charge is 0.353 e. The monoisotopic (exact) mass is 366 g/mol. The Hall–Kier alpha value is -2.83. The van der Waals surface area contributed by atoms with Crippen LogP contribution in [0.1, 0.15) is 18.1 Å². The number of aryl methyl sites for hydroxylation is 2. The molecule has 0 aliphatic carbocycles. The predicted molar refractivity (Wildman–Crippen MR) is 108 cm³/mol. The molecule has 7 nitrogen and oxygen atoms in total. The van der Waals surface area contributed by atoms with E-state index in [2.05, 4.69) is 51.1 Å². The van der Waals surface area contributed by atoms with Gasteiger partial charge < -0.3 is 20.0 Å². The van der Waals surface area contributed by atoms with Gasteiger partial charge in [-0.05, 0) is 32.4 Å². The number of carbonyl (C=O) groups excluding carboxylic acids is 1. The molecule has 1 aromatic carbocycles. The van der Waals surface area contributed by atoms with Gasteiger partial charge in [-0.15, -0.1) is 0 Å². The van der Waals surface area contributed by atoms with Gasteiger partial charge in [0.15, 0.2) is 0 Å². The maximum Gasteiger partial charge on any atom is 0.321 e. The summed E-state index contributed by atoms with van der Waals surface area (Å²) in [4.78, 5) is 27.9. The number of aliphatic imine (C=N–C) groups is 2. The minimum absolute atomic E-state index is 0.0390. The van der Waals surface area contributed by atoms with Crippen molar-refractivity contribution in [3.05, 3.63) is 41.2 Å². The number of nitrogens with zero attached hydrogens (tertiary/aromatic N) is 5. The number of nitrogens with one attached hydrogen (secondary N) is 1. The summed E-state index contributed by atoms with van der Waals surface area (Å²) in [7, 11) is 0. The Morgan fingerprint density at radius 2 is 1.96 bits per heavy atom. The van der Waals surface area contributed by atoms with E-state index in [0.29, 0.717) is 19.1 Å². The van der Waals surface area contributed by atoms with Gasteiger partial charge in [0, 0.05) is 37.9 Å². The number of hydrogen-bond acceptors (Lipinski definition) is 5. The molecule has 1 saturated heterocycles. The molecular formula is C20H26N6O. The summed E-state index contributed by atoms with van der Waals surface area (Å²) >= 11 is 0. The van der Waals surface area contributed by atoms with E-state index in [1.165, 1.54) is 5.56 Å². The zero-order valence-electron chi connectivity index (χ0n) is 16.1. The van der Waals surface area contributed by atoms with Crippen LogP contribution in [0, 0.1) is 13.8 Å². The lowest BCUT2D eigenvalue weighted by atomic mass is 10.1. The fraction of sp³-hybridized carbons (Fsp3) is 0.450. The van der Waals surface area contributed by atoms with Crippen molar-refractivity contribution < 1.29 is 4.79 Å². The van der Waals surface area contributed by atoms with Crippen LogP contribution in [-0.2, 0) is 0 Å². The third kappa shape index (κ3) is 3.54. The van der Waals surface area contributed by atoms with Gasteiger partial charge in [-0.25, -0.2) is 9.79 Å². The van der Waals surface area contributed by atoms with E-state index in [1.54, 1.807) is 0 Å². The van der Waals surface area contributed by atoms with Gasteiger partial charge in [0.1, 0.15) is 11.7 Å². The molecule has 1 aromatic rings. The molecule has 0 spiro atoms. The second-order valence-corrected chi connectivity index (χ2v) is 7.42. The van der Waals surface area contributed by atoms with Gasteiger partial charge >= 0.3 is 6.03 Å². The fourth-order valence-electron chi connectivity index (χ4n) is 3.65. The van der Waals surface area contributed by atoms with Gasteiger partial charge in [0.25, 0.3) is 0 Å². The van der Waals surface area contributed by atoms with Crippen LogP contribution < -0.4 is 5.32 Å². The molecular weight excluding hydrogens is 340 g/mol. The zero-order chi connectivity index (χ0) is 19.0. The second-order valence-electron chi connectivity index (χ2n) is 7.42. The number of urea groups is 1. The molecule has 0 bridgehead atoms. The van der Waals surface area contributed by atoms with E-state index in [-0.39, 0.29) is 6.03 Å². The number of benzene rings is 1. The Kier molecular flexibility index (Phi) is 4.59. The van der Waals surface area contributed by atoms with Crippen LogP contribution in [0.5, 0.6) is 0 Å². The molecule has 1 N–H and O–H groups in total. The van der Waals surface area contributed by atoms with Crippen LogP contribution in [0.15, 0.2) is 40.1 Å². The quantitative estimate of drug-likeness (QED) is 0.874. The summed E-state index contributed by atoms with van der Waals surface area (Å²) in [6, 6.07) is 6.41. The van der Waals surface area contributed by atoms with Crippen LogP contribution in [0.25, 0.3) is 0 Å². The topological polar surface area (TPSA) is 63.5 Å². The second kappa shape index (κ2) is 7.06. The Balaban J connectivity index is 1.34. The summed E-state index contributed by atoms with van der Waals surface area (Å²) in [5.74, 6) is 1.93. The highest BCUT2D eigenvalue weighted by atomic mass is 16.2. The Bertz CT molecular complexity index is 835. The first-order valence-electron chi connectivity index (χ1n) is 9.48. The number of carbonyl (C=O) groups is 1. The van der Waals surface area contributed by atoms with Crippen molar-refractivity contribution >= 4 is 23.9 Å². The lowest BCUT2D eigenvalue weighted by Gasteiger charge is -2.37. The summed E-state index contributed by atoms with van der Waals surface area (Å²) < 4.78 is 0. The Morgan fingerprint density at radius 1 is 1.19 bits per heavy atom. The standard InChI is InChI=1S/C20H26N6O/c1-14-4-5-17(15(2)10-14)23-20(27)25-8-6-24(7-9-25)18-11-19-21-12-16(3)26(19)13-22-18/h4-5,10-11,13,16H,6-9,12H2,1-3H3,(H,23,27). The smallest absolute Gasteiger partial charge is 0.321 e. The van der Waals surface area contributed by atoms with Crippen molar-refractivity contribution in [2.24, 2.45) is 9.98 Å². The van der Waals surface area contributed by atoms with E-state index in [0.717, 1.165) is 42.5 Å². The summed E-state index contributed by atoms with van der Waals surface area (Å²) in [5.41, 5.74) is 3.15. The number of hydrogen-bond donors (Lipinski definition) is 1. The minimum atomic E-state index is -0.0390. The number of fused-ring (bicyclic) bond motifs is 1. The SMILES string of the molecule is Cc1ccc(NC(=O)N2CCN(C3=CC4=NCC(C)N4C=N3)CC2)c(C)c1. The lowest BCUT2D eigenvalue weighted by molar-refractivity contribution is 0.166. The first-order chi connectivity index (χ1) is 13.0. The third-order valence-corrected chi connectivity index (χ3v) is 5.34. The van der Waals surface area contributed by atoms with Gasteiger partial charge in [0.2, 0.25) is 0 Å². The molecule has 3 aliphatic rings. The van der Waals surface area contributed by atoms with Gasteiger partial charge in [-0.1, -0.05) is 17.7 Å². The number of piperazine rings is 1. The number of anilines is 1. The van der Waals surface area contributed by atoms with Crippen LogP contribution >= 0.6 is 0 Å². The molecule has 1 fully saturated rings. The first-order valence-corrected chi connectivity index (χ1v) is 9.48. The van der Waals surface area contributed by atoms with Crippen molar-refractivity contribution in [1.29, 1.82) is 0 Å². The Labute approximate surface area is 160 Å². The number of rotatable bonds is 2. The summed E-state index contributed by atoms with van der Waals surface area (Å²) in [5, 5.41) is 3.04. The van der Waals surface area contributed by atoms with E-state index >= 15 is 0 Å². The van der Waals surface area contributed by atoms with E-state index < -0.39 is 0 Å². The first kappa shape index (κ1) is 17.6. The van der Waals surface area contributed by atoms with E-state index in [9.17, 15) is 4.79 Å². The minimum Gasteiger partial charge on any atom is -0.353 e. The fourth-order valence-corrected chi connectivity index (χ4v) is 3.65. The van der Waals surface area contributed by atoms with Crippen LogP contribution in [0.2, 0.25) is 0 Å². The molecule has 1 unspecified atom stereocenters. The Morgan fingerprint density at radius 3 is 2.70 bits per heavy atom. The van der Waals surface area contributed by atoms with E-state index in [1.807, 2.05) is 30.3 Å². The summed E-state index contributed by atoms with van der Waals surface area (Å²) in [6.45, 7) is 9.93. The molecule has 27 heavy (non-hydrogen) atoms. The maximum absolute atomic E-state index is 12.6. The van der Waals surface area contributed by atoms with Crippen LogP contribution in [0.4, 0.5) is 10.5 Å². The maximum atomic E-state index is 12.6. The van der Waals surface area contributed by atoms with Gasteiger partial charge in [-0.3, -0.25) is 4.99 Å². The van der Waals surface area contributed by atoms with Crippen molar-refractivity contribution in [3.63, 3.8) is 0 Å². The molecule has 3 heterocycles. The molecule has 0 saturated carbocycles. The number of amides is 2. The summed E-state index contributed by atoms with van der Waals surface area (Å²) in [6.07, 6.45) is 3.93. The van der Waals surface area contributed by atoms with Crippen molar-refractivity contribution in [3.8, 4) is 0 Å². The zero-order valence-corrected chi connectivity index (χ0v) is 16.1. The van der Waals surface area contributed by atoms with Crippen molar-refractivity contribution in [1.82, 2.24) is 14.7 Å². The highest BCUT2D eigenvalue weighted by Gasteiger charge is 2.28. The molecule has 3 aliphatic heterocycles. The molecule has 142 valence electrons.